The summed E-state index contributed by atoms with van der Waals surface area (Å²) < 4.78 is 60.6. The number of carbonyl (C=O) groups is 2. The molecule has 0 radical (unpaired) electrons. The number of halogens is 2. The number of nitrogens with zero attached hydrogens (tertiary/aromatic N) is 1. The van der Waals surface area contributed by atoms with Crippen molar-refractivity contribution in [2.45, 2.75) is 43.1 Å². The molecule has 2 N–H and O–H groups in total. The minimum atomic E-state index is -4.20. The van der Waals surface area contributed by atoms with Crippen LogP contribution in [-0.2, 0) is 14.8 Å². The Morgan fingerprint density at radius 1 is 0.911 bits per heavy atom. The summed E-state index contributed by atoms with van der Waals surface area (Å²) in [6.45, 7) is 3.91. The lowest BCUT2D eigenvalue weighted by molar-refractivity contribution is -0.132. The molecule has 2 amide bonds. The number of phenolic OH excluding ortho intramolecular Hbond substituents is 1. The fraction of sp³-hybridized carbons (Fsp3) is 0.235. The van der Waals surface area contributed by atoms with Gasteiger partial charge in [-0.3, -0.25) is 9.59 Å². The highest BCUT2D eigenvalue weighted by atomic mass is 32.2. The number of aromatic hydroxyl groups is 1. The Kier molecular flexibility index (Phi) is 8.92. The molecule has 1 unspecified atom stereocenters. The number of phenols is 1. The van der Waals surface area contributed by atoms with Gasteiger partial charge in [-0.2, -0.15) is 0 Å². The van der Waals surface area contributed by atoms with E-state index < -0.39 is 33.2 Å². The van der Waals surface area contributed by atoms with Gasteiger partial charge < -0.3 is 14.7 Å². The molecule has 1 heterocycles. The Balaban J connectivity index is 1.27. The van der Waals surface area contributed by atoms with Gasteiger partial charge in [-0.1, -0.05) is 30.3 Å². The zero-order valence-corrected chi connectivity index (χ0v) is 25.5. The Labute approximate surface area is 260 Å². The molecule has 0 spiro atoms. The van der Waals surface area contributed by atoms with E-state index in [1.165, 1.54) is 44.2 Å². The Morgan fingerprint density at radius 2 is 1.62 bits per heavy atom. The van der Waals surface area contributed by atoms with E-state index in [1.54, 1.807) is 47.4 Å². The number of ether oxygens (including phenoxy) is 1. The third-order valence-electron chi connectivity index (χ3n) is 7.69. The maximum atomic E-state index is 13.8. The molecular formula is C34H32F2N2O6S. The number of hydrogen-bond donors (Lipinski definition) is 2. The number of carbonyl (C=O) groups excluding carboxylic acids is 2. The van der Waals surface area contributed by atoms with Gasteiger partial charge in [0.25, 0.3) is 21.8 Å². The van der Waals surface area contributed by atoms with Crippen molar-refractivity contribution in [1.29, 1.82) is 0 Å². The van der Waals surface area contributed by atoms with Crippen LogP contribution >= 0.6 is 0 Å². The van der Waals surface area contributed by atoms with Gasteiger partial charge in [-0.05, 0) is 104 Å². The number of likely N-dealkylation sites (tertiary alicyclic amines) is 1. The maximum absolute atomic E-state index is 13.8. The summed E-state index contributed by atoms with van der Waals surface area (Å²) in [5.74, 6) is -2.72. The highest BCUT2D eigenvalue weighted by molar-refractivity contribution is 7.90. The highest BCUT2D eigenvalue weighted by Crippen LogP contribution is 2.32. The molecule has 234 valence electrons. The van der Waals surface area contributed by atoms with E-state index in [4.69, 9.17) is 4.74 Å². The molecular weight excluding hydrogens is 602 g/mol. The Morgan fingerprint density at radius 3 is 2.36 bits per heavy atom. The second kappa shape index (κ2) is 12.7. The van der Waals surface area contributed by atoms with Gasteiger partial charge >= 0.3 is 0 Å². The first kappa shape index (κ1) is 31.6. The van der Waals surface area contributed by atoms with Crippen LogP contribution < -0.4 is 9.46 Å². The lowest BCUT2D eigenvalue weighted by atomic mass is 9.90. The third-order valence-corrected chi connectivity index (χ3v) is 9.04. The molecule has 11 heteroatoms. The molecule has 45 heavy (non-hydrogen) atoms. The van der Waals surface area contributed by atoms with Gasteiger partial charge in [0.2, 0.25) is 0 Å². The normalized spacial score (nSPS) is 15.4. The summed E-state index contributed by atoms with van der Waals surface area (Å²) in [5.41, 5.74) is 0.834. The SMILES string of the molecule is CC(C)(Oc1cccc(C2CCCN(C(=O)c3cccc(-c4ccc(F)c(F)c4)c3)C2)c1)C(=O)NS(=O)(=O)c1ccc(O)cc1. The van der Waals surface area contributed by atoms with Gasteiger partial charge in [0.05, 0.1) is 4.90 Å². The van der Waals surface area contributed by atoms with Crippen LogP contribution in [0.4, 0.5) is 8.78 Å². The summed E-state index contributed by atoms with van der Waals surface area (Å²) >= 11 is 0. The first-order valence-electron chi connectivity index (χ1n) is 14.3. The van der Waals surface area contributed by atoms with Gasteiger partial charge in [-0.25, -0.2) is 21.9 Å². The molecule has 1 aliphatic rings. The van der Waals surface area contributed by atoms with Crippen molar-refractivity contribution in [2.75, 3.05) is 13.1 Å². The van der Waals surface area contributed by atoms with Gasteiger partial charge in [0.1, 0.15) is 11.5 Å². The maximum Gasteiger partial charge on any atom is 0.277 e. The molecule has 8 nitrogen and oxygen atoms in total. The molecule has 0 aliphatic carbocycles. The highest BCUT2D eigenvalue weighted by Gasteiger charge is 2.34. The Bertz CT molecular complexity index is 1840. The minimum absolute atomic E-state index is 0.0209. The van der Waals surface area contributed by atoms with Crippen LogP contribution in [-0.4, -0.2) is 48.9 Å². The summed E-state index contributed by atoms with van der Waals surface area (Å²) in [5, 5.41) is 9.43. The molecule has 5 rings (SSSR count). The van der Waals surface area contributed by atoms with Gasteiger partial charge in [0.15, 0.2) is 17.2 Å². The number of benzene rings is 4. The number of hydrogen-bond acceptors (Lipinski definition) is 6. The monoisotopic (exact) mass is 634 g/mol. The van der Waals surface area contributed by atoms with Crippen LogP contribution in [0.5, 0.6) is 11.5 Å². The largest absolute Gasteiger partial charge is 0.508 e. The van der Waals surface area contributed by atoms with Gasteiger partial charge in [0, 0.05) is 24.6 Å². The summed E-state index contributed by atoms with van der Waals surface area (Å²) in [4.78, 5) is 28.1. The standard InChI is InChI=1S/C34H32F2N2O6S/c1-34(2,33(41)37-45(42,43)29-14-12-27(39)13-15-29)44-28-10-4-7-23(19-28)26-9-5-17-38(21-26)32(40)25-8-3-6-22(18-25)24-11-16-30(35)31(36)20-24/h3-4,6-8,10-16,18-20,26,39H,5,9,17,21H2,1-2H3,(H,37,41). The first-order valence-corrected chi connectivity index (χ1v) is 15.8. The number of sulfonamides is 1. The van der Waals surface area contributed by atoms with Crippen LogP contribution in [0.1, 0.15) is 48.5 Å². The lowest BCUT2D eigenvalue weighted by Crippen LogP contribution is -2.48. The van der Waals surface area contributed by atoms with E-state index >= 15 is 0 Å². The molecule has 4 aromatic rings. The summed E-state index contributed by atoms with van der Waals surface area (Å²) in [6.07, 6.45) is 1.57. The van der Waals surface area contributed by atoms with Crippen molar-refractivity contribution < 1.29 is 36.6 Å². The molecule has 0 bridgehead atoms. The quantitative estimate of drug-likeness (QED) is 0.245. The minimum Gasteiger partial charge on any atom is -0.508 e. The topological polar surface area (TPSA) is 113 Å². The number of amides is 2. The summed E-state index contributed by atoms with van der Waals surface area (Å²) in [6, 6.07) is 22.4. The number of rotatable bonds is 8. The molecule has 1 atom stereocenters. The van der Waals surface area contributed by atoms with Crippen molar-refractivity contribution in [3.05, 3.63) is 114 Å². The van der Waals surface area contributed by atoms with Crippen molar-refractivity contribution in [1.82, 2.24) is 9.62 Å². The van der Waals surface area contributed by atoms with E-state index in [-0.39, 0.29) is 22.5 Å². The second-order valence-electron chi connectivity index (χ2n) is 11.4. The predicted molar refractivity (Wildman–Crippen MR) is 164 cm³/mol. The second-order valence-corrected chi connectivity index (χ2v) is 13.1. The van der Waals surface area contributed by atoms with E-state index in [1.807, 2.05) is 10.8 Å². The molecule has 0 aromatic heterocycles. The molecule has 1 aliphatic heterocycles. The van der Waals surface area contributed by atoms with Crippen LogP contribution in [0.2, 0.25) is 0 Å². The van der Waals surface area contributed by atoms with Crippen molar-refractivity contribution >= 4 is 21.8 Å². The van der Waals surface area contributed by atoms with Crippen LogP contribution in [0.15, 0.2) is 95.9 Å². The van der Waals surface area contributed by atoms with Crippen LogP contribution in [0, 0.1) is 11.6 Å². The first-order chi connectivity index (χ1) is 21.3. The van der Waals surface area contributed by atoms with E-state index in [0.717, 1.165) is 30.5 Å². The van der Waals surface area contributed by atoms with Crippen LogP contribution in [0.25, 0.3) is 11.1 Å². The van der Waals surface area contributed by atoms with E-state index in [0.29, 0.717) is 35.5 Å². The molecule has 4 aromatic carbocycles. The Hall–Kier alpha value is -4.77. The zero-order valence-electron chi connectivity index (χ0n) is 24.7. The van der Waals surface area contributed by atoms with Crippen molar-refractivity contribution in [3.8, 4) is 22.6 Å². The average molecular weight is 635 g/mol. The number of piperidine rings is 1. The van der Waals surface area contributed by atoms with Crippen molar-refractivity contribution in [3.63, 3.8) is 0 Å². The predicted octanol–water partition coefficient (Wildman–Crippen LogP) is 6.02. The fourth-order valence-corrected chi connectivity index (χ4v) is 6.33. The summed E-state index contributed by atoms with van der Waals surface area (Å²) in [7, 11) is -4.20. The molecule has 0 saturated carbocycles. The van der Waals surface area contributed by atoms with Gasteiger partial charge in [-0.15, -0.1) is 0 Å². The average Bonchev–Trinajstić information content (AvgIpc) is 3.02. The number of nitrogens with one attached hydrogen (secondary N) is 1. The molecule has 1 saturated heterocycles. The lowest BCUT2D eigenvalue weighted by Gasteiger charge is -2.33. The smallest absolute Gasteiger partial charge is 0.277 e. The zero-order chi connectivity index (χ0) is 32.4. The van der Waals surface area contributed by atoms with Crippen molar-refractivity contribution in [2.24, 2.45) is 0 Å². The van der Waals surface area contributed by atoms with Crippen LogP contribution in [0.3, 0.4) is 0 Å². The fourth-order valence-electron chi connectivity index (χ4n) is 5.23. The van der Waals surface area contributed by atoms with E-state index in [2.05, 4.69) is 0 Å². The van der Waals surface area contributed by atoms with E-state index in [9.17, 15) is 31.9 Å². The third kappa shape index (κ3) is 7.31. The molecule has 1 fully saturated rings.